The average Bonchev–Trinajstić information content (AvgIpc) is 3.03. The average molecular weight is 597 g/mol. The third kappa shape index (κ3) is 29.4. The molecule has 1 rings (SSSR count). The van der Waals surface area contributed by atoms with Gasteiger partial charge in [-0.25, -0.2) is 4.57 Å². The first-order valence-electron chi connectivity index (χ1n) is 20.0. The monoisotopic (exact) mass is 597 g/mol. The zero-order valence-electron chi connectivity index (χ0n) is 29.7. The zero-order valence-corrected chi connectivity index (χ0v) is 29.7. The van der Waals surface area contributed by atoms with Crippen LogP contribution < -0.4 is 4.57 Å². The van der Waals surface area contributed by atoms with E-state index < -0.39 is 0 Å². The number of unbranched alkanes of at least 4 members (excludes halogenated alkanes) is 28. The van der Waals surface area contributed by atoms with Gasteiger partial charge >= 0.3 is 0 Å². The zero-order chi connectivity index (χ0) is 30.7. The van der Waals surface area contributed by atoms with E-state index in [1.165, 1.54) is 218 Å². The van der Waals surface area contributed by atoms with E-state index in [1.807, 2.05) is 0 Å². The molecule has 43 heavy (non-hydrogen) atoms. The number of hydrogen-bond acceptors (Lipinski definition) is 0. The first-order chi connectivity index (χ1) is 21.4. The van der Waals surface area contributed by atoms with E-state index in [0.29, 0.717) is 0 Å². The summed E-state index contributed by atoms with van der Waals surface area (Å²) in [5.74, 6) is 0. The standard InChI is InChI=1S/C42H78N/c1-3-5-7-9-11-13-15-17-19-21-22-24-26-28-30-32-34-36-42-37-40-43(41-38-42)39-35-33-31-29-27-25-23-20-18-16-14-12-10-8-6-4-2/h18,20,37-38,40-41H,3-17,19,21-36,39H2,1-2H3/q+1. The lowest BCUT2D eigenvalue weighted by Gasteiger charge is -2.04. The molecule has 0 atom stereocenters. The van der Waals surface area contributed by atoms with Crippen LogP contribution in [0.3, 0.4) is 0 Å². The molecule has 0 saturated carbocycles. The van der Waals surface area contributed by atoms with E-state index in [1.54, 1.807) is 0 Å². The third-order valence-corrected chi connectivity index (χ3v) is 9.46. The summed E-state index contributed by atoms with van der Waals surface area (Å²) in [5, 5.41) is 0. The predicted octanol–water partition coefficient (Wildman–Crippen LogP) is 14.2. The van der Waals surface area contributed by atoms with Gasteiger partial charge in [-0.15, -0.1) is 0 Å². The molecule has 1 nitrogen and oxygen atoms in total. The summed E-state index contributed by atoms with van der Waals surface area (Å²) in [5.41, 5.74) is 1.53. The quantitative estimate of drug-likeness (QED) is 0.0423. The van der Waals surface area contributed by atoms with E-state index in [4.69, 9.17) is 0 Å². The minimum absolute atomic E-state index is 1.18. The molecule has 0 saturated heterocycles. The second-order valence-electron chi connectivity index (χ2n) is 13.8. The Kier molecular flexibility index (Phi) is 31.4. The molecule has 0 amide bonds. The Hall–Kier alpha value is -1.11. The summed E-state index contributed by atoms with van der Waals surface area (Å²) in [6, 6.07) is 4.74. The normalized spacial score (nSPS) is 11.7. The van der Waals surface area contributed by atoms with E-state index in [2.05, 4.69) is 55.1 Å². The second kappa shape index (κ2) is 33.8. The molecule has 0 aliphatic rings. The van der Waals surface area contributed by atoms with Gasteiger partial charge < -0.3 is 0 Å². The van der Waals surface area contributed by atoms with Crippen molar-refractivity contribution in [3.63, 3.8) is 0 Å². The molecule has 1 aromatic heterocycles. The van der Waals surface area contributed by atoms with Crippen molar-refractivity contribution in [2.24, 2.45) is 0 Å². The Balaban J connectivity index is 1.82. The summed E-state index contributed by atoms with van der Waals surface area (Å²) >= 11 is 0. The lowest BCUT2D eigenvalue weighted by atomic mass is 10.0. The summed E-state index contributed by atoms with van der Waals surface area (Å²) in [7, 11) is 0. The molecule has 0 spiro atoms. The maximum atomic E-state index is 2.44. The molecule has 0 aliphatic heterocycles. The maximum Gasteiger partial charge on any atom is 0.169 e. The Labute approximate surface area is 272 Å². The summed E-state index contributed by atoms with van der Waals surface area (Å²) in [6.45, 7) is 5.78. The van der Waals surface area contributed by atoms with Gasteiger partial charge in [0, 0.05) is 18.6 Å². The van der Waals surface area contributed by atoms with E-state index in [0.717, 1.165) is 0 Å². The number of rotatable bonds is 34. The van der Waals surface area contributed by atoms with E-state index in [9.17, 15) is 0 Å². The van der Waals surface area contributed by atoms with Gasteiger partial charge in [0.05, 0.1) is 0 Å². The first-order valence-corrected chi connectivity index (χ1v) is 20.0. The molecule has 0 bridgehead atoms. The van der Waals surface area contributed by atoms with Crippen LogP contribution in [0, 0.1) is 0 Å². The second-order valence-corrected chi connectivity index (χ2v) is 13.8. The predicted molar refractivity (Wildman–Crippen MR) is 194 cm³/mol. The van der Waals surface area contributed by atoms with Gasteiger partial charge in [-0.05, 0) is 50.5 Å². The molecule has 0 N–H and O–H groups in total. The Morgan fingerprint density at radius 2 is 0.721 bits per heavy atom. The highest BCUT2D eigenvalue weighted by Crippen LogP contribution is 2.15. The van der Waals surface area contributed by atoms with Crippen molar-refractivity contribution >= 4 is 0 Å². The van der Waals surface area contributed by atoms with Crippen molar-refractivity contribution in [1.82, 2.24) is 0 Å². The Morgan fingerprint density at radius 3 is 1.12 bits per heavy atom. The van der Waals surface area contributed by atoms with Gasteiger partial charge in [0.1, 0.15) is 6.54 Å². The van der Waals surface area contributed by atoms with Crippen LogP contribution in [0.5, 0.6) is 0 Å². The molecule has 250 valence electrons. The van der Waals surface area contributed by atoms with Crippen LogP contribution in [0.15, 0.2) is 36.7 Å². The van der Waals surface area contributed by atoms with Crippen LogP contribution in [-0.4, -0.2) is 0 Å². The van der Waals surface area contributed by atoms with Crippen LogP contribution in [0.25, 0.3) is 0 Å². The van der Waals surface area contributed by atoms with Gasteiger partial charge in [-0.3, -0.25) is 0 Å². The molecule has 1 aromatic rings. The molecule has 1 heteroatoms. The van der Waals surface area contributed by atoms with Crippen LogP contribution in [0.2, 0.25) is 0 Å². The third-order valence-electron chi connectivity index (χ3n) is 9.46. The van der Waals surface area contributed by atoms with Gasteiger partial charge in [0.15, 0.2) is 12.4 Å². The molecule has 0 unspecified atom stereocenters. The number of nitrogens with zero attached hydrogens (tertiary/aromatic N) is 1. The number of pyridine rings is 1. The Bertz CT molecular complexity index is 675. The maximum absolute atomic E-state index is 2.44. The van der Waals surface area contributed by atoms with Crippen LogP contribution in [0.4, 0.5) is 0 Å². The lowest BCUT2D eigenvalue weighted by Crippen LogP contribution is -2.32. The van der Waals surface area contributed by atoms with Crippen molar-refractivity contribution in [3.8, 4) is 0 Å². The van der Waals surface area contributed by atoms with Crippen LogP contribution in [-0.2, 0) is 13.0 Å². The molecule has 0 aromatic carbocycles. The first kappa shape index (κ1) is 39.9. The SMILES string of the molecule is CCCCCCCCC=CCCCCCCCC[n+]1ccc(CCCCCCCCCCCCCCCCCCC)cc1. The Morgan fingerprint density at radius 1 is 0.395 bits per heavy atom. The van der Waals surface area contributed by atoms with Crippen molar-refractivity contribution in [1.29, 1.82) is 0 Å². The molecular formula is C42H78N+. The highest BCUT2D eigenvalue weighted by molar-refractivity contribution is 5.07. The minimum atomic E-state index is 1.18. The van der Waals surface area contributed by atoms with Gasteiger partial charge in [0.2, 0.25) is 0 Å². The van der Waals surface area contributed by atoms with Crippen molar-refractivity contribution in [2.75, 3.05) is 0 Å². The smallest absolute Gasteiger partial charge is 0.169 e. The fraction of sp³-hybridized carbons (Fsp3) is 0.833. The number of allylic oxidation sites excluding steroid dienone is 2. The van der Waals surface area contributed by atoms with Crippen molar-refractivity contribution in [2.45, 2.75) is 226 Å². The van der Waals surface area contributed by atoms with Crippen LogP contribution in [0.1, 0.15) is 218 Å². The van der Waals surface area contributed by atoms with Gasteiger partial charge in [-0.2, -0.15) is 0 Å². The van der Waals surface area contributed by atoms with Crippen molar-refractivity contribution < 1.29 is 4.57 Å². The van der Waals surface area contributed by atoms with E-state index in [-0.39, 0.29) is 0 Å². The number of aryl methyl sites for hydroxylation is 2. The largest absolute Gasteiger partial charge is 0.205 e. The van der Waals surface area contributed by atoms with Gasteiger partial charge in [0.25, 0.3) is 0 Å². The highest BCUT2D eigenvalue weighted by Gasteiger charge is 2.02. The molecule has 0 fully saturated rings. The lowest BCUT2D eigenvalue weighted by molar-refractivity contribution is -0.697. The summed E-state index contributed by atoms with van der Waals surface area (Å²) in [6.07, 6.45) is 54.7. The molecule has 0 radical (unpaired) electrons. The number of aromatic nitrogens is 1. The highest BCUT2D eigenvalue weighted by atomic mass is 14.9. The topological polar surface area (TPSA) is 3.88 Å². The van der Waals surface area contributed by atoms with Gasteiger partial charge in [-0.1, -0.05) is 180 Å². The summed E-state index contributed by atoms with van der Waals surface area (Å²) in [4.78, 5) is 0. The molecule has 0 aliphatic carbocycles. The number of hydrogen-bond donors (Lipinski definition) is 0. The molecular weight excluding hydrogens is 518 g/mol. The molecule has 1 heterocycles. The van der Waals surface area contributed by atoms with Crippen LogP contribution >= 0.6 is 0 Å². The fourth-order valence-corrected chi connectivity index (χ4v) is 6.40. The van der Waals surface area contributed by atoms with Crippen molar-refractivity contribution in [3.05, 3.63) is 42.2 Å². The fourth-order valence-electron chi connectivity index (χ4n) is 6.40. The minimum Gasteiger partial charge on any atom is -0.205 e. The summed E-state index contributed by atoms with van der Waals surface area (Å²) < 4.78 is 2.40. The van der Waals surface area contributed by atoms with E-state index >= 15 is 0 Å².